The van der Waals surface area contributed by atoms with Gasteiger partial charge < -0.3 is 9.13 Å². The van der Waals surface area contributed by atoms with Gasteiger partial charge in [-0.3, -0.25) is 0 Å². The van der Waals surface area contributed by atoms with Crippen LogP contribution in [0.2, 0.25) is 0 Å². The van der Waals surface area contributed by atoms with Crippen LogP contribution in [0.3, 0.4) is 0 Å². The Morgan fingerprint density at radius 3 is 1.24 bits per heavy atom. The Balaban J connectivity index is 1.05. The molecule has 0 unspecified atom stereocenters. The van der Waals surface area contributed by atoms with Gasteiger partial charge in [0.05, 0.1) is 33.5 Å². The number of hydrogen-bond acceptors (Lipinski definition) is 2. The zero-order valence-electron chi connectivity index (χ0n) is 33.7. The standard InChI is InChI=1S/C58H38N4/c1-4-17-39(18-5-1)42-23-14-25-44(33-42)53-37-52(41-21-8-3-9-22-41)59-58(60-53)45-26-16-28-47(35-45)62-55-32-13-11-30-49(55)51-36-50-48-29-10-12-31-54(48)61(56(50)38-57(51)62)46-27-15-24-43(34-46)40-19-6-2-7-20-40/h1-38H. The van der Waals surface area contributed by atoms with Gasteiger partial charge in [-0.1, -0.05) is 170 Å². The minimum Gasteiger partial charge on any atom is -0.309 e. The molecule has 0 atom stereocenters. The van der Waals surface area contributed by atoms with Crippen molar-refractivity contribution < 1.29 is 0 Å². The van der Waals surface area contributed by atoms with Gasteiger partial charge in [-0.05, 0) is 82.9 Å². The quantitative estimate of drug-likeness (QED) is 0.161. The van der Waals surface area contributed by atoms with Crippen LogP contribution in [0.15, 0.2) is 231 Å². The number of para-hydroxylation sites is 2. The number of fused-ring (bicyclic) bond motifs is 6. The Hall–Kier alpha value is -8.34. The van der Waals surface area contributed by atoms with Gasteiger partial charge in [-0.2, -0.15) is 0 Å². The highest BCUT2D eigenvalue weighted by Crippen LogP contribution is 2.41. The van der Waals surface area contributed by atoms with Crippen molar-refractivity contribution >= 4 is 43.6 Å². The van der Waals surface area contributed by atoms with Gasteiger partial charge in [0.15, 0.2) is 5.82 Å². The van der Waals surface area contributed by atoms with Crippen LogP contribution in [-0.2, 0) is 0 Å². The molecule has 0 N–H and O–H groups in total. The number of nitrogens with zero attached hydrogens (tertiary/aromatic N) is 4. The van der Waals surface area contributed by atoms with E-state index < -0.39 is 0 Å². The lowest BCUT2D eigenvalue weighted by Crippen LogP contribution is -1.99. The second-order valence-corrected chi connectivity index (χ2v) is 15.8. The van der Waals surface area contributed by atoms with Crippen LogP contribution in [0.25, 0.3) is 111 Å². The van der Waals surface area contributed by atoms with Crippen molar-refractivity contribution in [2.24, 2.45) is 0 Å². The lowest BCUT2D eigenvalue weighted by Gasteiger charge is -2.13. The van der Waals surface area contributed by atoms with Crippen molar-refractivity contribution in [1.82, 2.24) is 19.1 Å². The van der Waals surface area contributed by atoms with E-state index in [2.05, 4.69) is 234 Å². The third-order valence-corrected chi connectivity index (χ3v) is 12.1. The summed E-state index contributed by atoms with van der Waals surface area (Å²) >= 11 is 0. The second-order valence-electron chi connectivity index (χ2n) is 15.8. The van der Waals surface area contributed by atoms with E-state index in [9.17, 15) is 0 Å². The molecule has 0 aliphatic carbocycles. The van der Waals surface area contributed by atoms with Crippen LogP contribution in [0.4, 0.5) is 0 Å². The summed E-state index contributed by atoms with van der Waals surface area (Å²) in [7, 11) is 0. The highest BCUT2D eigenvalue weighted by molar-refractivity contribution is 6.19. The van der Waals surface area contributed by atoms with Crippen molar-refractivity contribution in [2.75, 3.05) is 0 Å². The molecule has 290 valence electrons. The molecule has 0 amide bonds. The SMILES string of the molecule is c1ccc(-c2cccc(-c3cc(-c4ccccc4)nc(-c4cccc(-n5c6ccccc6c6cc7c8ccccc8n(-c8cccc(-c9ccccc9)c8)c7cc65)c4)n3)c2)cc1. The van der Waals surface area contributed by atoms with E-state index in [-0.39, 0.29) is 0 Å². The molecule has 0 radical (unpaired) electrons. The molecule has 3 aromatic heterocycles. The van der Waals surface area contributed by atoms with Crippen molar-refractivity contribution in [3.63, 3.8) is 0 Å². The van der Waals surface area contributed by atoms with Gasteiger partial charge in [0, 0.05) is 49.6 Å². The van der Waals surface area contributed by atoms with Gasteiger partial charge >= 0.3 is 0 Å². The van der Waals surface area contributed by atoms with E-state index in [0.717, 1.165) is 61.6 Å². The zero-order chi connectivity index (χ0) is 41.0. The maximum Gasteiger partial charge on any atom is 0.160 e. The molecule has 4 nitrogen and oxygen atoms in total. The summed E-state index contributed by atoms with van der Waals surface area (Å²) in [6.07, 6.45) is 0. The molecule has 62 heavy (non-hydrogen) atoms. The minimum absolute atomic E-state index is 0.676. The van der Waals surface area contributed by atoms with Gasteiger partial charge in [0.1, 0.15) is 0 Å². The summed E-state index contributed by atoms with van der Waals surface area (Å²) in [5.41, 5.74) is 16.3. The summed E-state index contributed by atoms with van der Waals surface area (Å²) in [5, 5.41) is 4.88. The van der Waals surface area contributed by atoms with E-state index >= 15 is 0 Å². The van der Waals surface area contributed by atoms with Crippen LogP contribution in [0, 0.1) is 0 Å². The third kappa shape index (κ3) is 6.08. The first-order valence-corrected chi connectivity index (χ1v) is 21.1. The van der Waals surface area contributed by atoms with Crippen LogP contribution in [0.5, 0.6) is 0 Å². The summed E-state index contributed by atoms with van der Waals surface area (Å²) in [4.78, 5) is 10.5. The number of rotatable bonds is 7. The normalized spacial score (nSPS) is 11.5. The number of benzene rings is 9. The van der Waals surface area contributed by atoms with Crippen molar-refractivity contribution in [3.05, 3.63) is 231 Å². The lowest BCUT2D eigenvalue weighted by atomic mass is 10.0. The molecule has 3 heterocycles. The number of aromatic nitrogens is 4. The molecule has 0 saturated heterocycles. The molecule has 4 heteroatoms. The molecule has 0 aliphatic rings. The van der Waals surface area contributed by atoms with Crippen LogP contribution in [-0.4, -0.2) is 19.1 Å². The van der Waals surface area contributed by atoms with Crippen molar-refractivity contribution in [1.29, 1.82) is 0 Å². The summed E-state index contributed by atoms with van der Waals surface area (Å²) < 4.78 is 4.83. The zero-order valence-corrected chi connectivity index (χ0v) is 33.7. The van der Waals surface area contributed by atoms with Crippen molar-refractivity contribution in [3.8, 4) is 67.5 Å². The van der Waals surface area contributed by atoms with E-state index in [4.69, 9.17) is 9.97 Å². The van der Waals surface area contributed by atoms with E-state index in [1.54, 1.807) is 0 Å². The fraction of sp³-hybridized carbons (Fsp3) is 0. The summed E-state index contributed by atoms with van der Waals surface area (Å²) in [5.74, 6) is 0.676. The van der Waals surface area contributed by atoms with Crippen LogP contribution < -0.4 is 0 Å². The molecule has 12 rings (SSSR count). The predicted molar refractivity (Wildman–Crippen MR) is 258 cm³/mol. The molecule has 9 aromatic carbocycles. The van der Waals surface area contributed by atoms with Gasteiger partial charge in [0.2, 0.25) is 0 Å². The topological polar surface area (TPSA) is 35.6 Å². The molecule has 0 saturated carbocycles. The highest BCUT2D eigenvalue weighted by atomic mass is 15.0. The van der Waals surface area contributed by atoms with Crippen LogP contribution in [0.1, 0.15) is 0 Å². The second kappa shape index (κ2) is 14.7. The smallest absolute Gasteiger partial charge is 0.160 e. The maximum absolute atomic E-state index is 5.30. The van der Waals surface area contributed by atoms with Gasteiger partial charge in [0.25, 0.3) is 0 Å². The molecular weight excluding hydrogens is 753 g/mol. The van der Waals surface area contributed by atoms with E-state index in [1.807, 2.05) is 6.07 Å². The lowest BCUT2D eigenvalue weighted by molar-refractivity contribution is 1.15. The molecular formula is C58H38N4. The maximum atomic E-state index is 5.30. The highest BCUT2D eigenvalue weighted by Gasteiger charge is 2.20. The molecule has 0 spiro atoms. The largest absolute Gasteiger partial charge is 0.309 e. The molecule has 12 aromatic rings. The Morgan fingerprint density at radius 2 is 0.661 bits per heavy atom. The first-order chi connectivity index (χ1) is 30.7. The monoisotopic (exact) mass is 790 g/mol. The minimum atomic E-state index is 0.676. The molecule has 0 aliphatic heterocycles. The Kier molecular flexibility index (Phi) is 8.46. The Morgan fingerprint density at radius 1 is 0.242 bits per heavy atom. The average molecular weight is 791 g/mol. The predicted octanol–water partition coefficient (Wildman–Crippen LogP) is 15.0. The van der Waals surface area contributed by atoms with Crippen LogP contribution >= 0.6 is 0 Å². The molecule has 0 fully saturated rings. The fourth-order valence-corrected chi connectivity index (χ4v) is 9.20. The fourth-order valence-electron chi connectivity index (χ4n) is 9.20. The Labute approximate surface area is 359 Å². The molecule has 0 bridgehead atoms. The summed E-state index contributed by atoms with van der Waals surface area (Å²) in [6.45, 7) is 0. The average Bonchev–Trinajstić information content (AvgIpc) is 3.86. The van der Waals surface area contributed by atoms with Gasteiger partial charge in [-0.25, -0.2) is 9.97 Å². The third-order valence-electron chi connectivity index (χ3n) is 12.1. The summed E-state index contributed by atoms with van der Waals surface area (Å²) in [6, 6.07) is 82.1. The first kappa shape index (κ1) is 35.6. The first-order valence-electron chi connectivity index (χ1n) is 21.1. The van der Waals surface area contributed by atoms with E-state index in [0.29, 0.717) is 5.82 Å². The van der Waals surface area contributed by atoms with Gasteiger partial charge in [-0.15, -0.1) is 0 Å². The van der Waals surface area contributed by atoms with Crippen molar-refractivity contribution in [2.45, 2.75) is 0 Å². The number of hydrogen-bond donors (Lipinski definition) is 0. The Bertz CT molecular complexity index is 3620. The van der Waals surface area contributed by atoms with E-state index in [1.165, 1.54) is 43.8 Å².